The van der Waals surface area contributed by atoms with Crippen molar-refractivity contribution in [2.24, 2.45) is 0 Å². The Kier molecular flexibility index (Phi) is 5.87. The average molecular weight is 253 g/mol. The van der Waals surface area contributed by atoms with Gasteiger partial charge in [0.05, 0.1) is 0 Å². The molecule has 0 aliphatic carbocycles. The highest BCUT2D eigenvalue weighted by atomic mass is 15.1. The normalized spacial score (nSPS) is 17.3. The Morgan fingerprint density at radius 2 is 1.47 bits per heavy atom. The van der Waals surface area contributed by atoms with Gasteiger partial charge in [0.25, 0.3) is 0 Å². The lowest BCUT2D eigenvalue weighted by Crippen LogP contribution is -2.16. The van der Waals surface area contributed by atoms with E-state index in [1.807, 2.05) is 25.2 Å². The quantitative estimate of drug-likeness (QED) is 0.629. The van der Waals surface area contributed by atoms with Crippen LogP contribution in [0.1, 0.15) is 19.8 Å². The van der Waals surface area contributed by atoms with Crippen LogP contribution < -0.4 is 0 Å². The molecule has 0 fully saturated rings. The van der Waals surface area contributed by atoms with E-state index in [1.54, 1.807) is 6.08 Å². The Bertz CT molecular complexity index is 484. The lowest BCUT2D eigenvalue weighted by Gasteiger charge is -2.23. The zero-order valence-corrected chi connectivity index (χ0v) is 12.0. The Balaban J connectivity index is 3.31. The van der Waals surface area contributed by atoms with Crippen molar-refractivity contribution < 1.29 is 0 Å². The minimum absolute atomic E-state index is 0.993. The van der Waals surface area contributed by atoms with Crippen LogP contribution in [0, 0.1) is 0 Å². The van der Waals surface area contributed by atoms with Crippen molar-refractivity contribution in [3.8, 4) is 0 Å². The minimum Gasteiger partial charge on any atom is -0.344 e. The Morgan fingerprint density at radius 1 is 0.947 bits per heavy atom. The van der Waals surface area contributed by atoms with Crippen LogP contribution in [0.3, 0.4) is 0 Å². The summed E-state index contributed by atoms with van der Waals surface area (Å²) in [6, 6.07) is 0. The van der Waals surface area contributed by atoms with Crippen LogP contribution in [-0.2, 0) is 0 Å². The van der Waals surface area contributed by atoms with Crippen LogP contribution in [0.25, 0.3) is 0 Å². The Morgan fingerprint density at radius 3 is 1.89 bits per heavy atom. The second-order valence-corrected chi connectivity index (χ2v) is 4.38. The fraction of sp³-hybridized carbons (Fsp3) is 0.222. The standard InChI is InChI=1S/C18H23N/c1-6-10-12-16-14-13-15(11-7-2)17(8-3)19(5)18(16)9-4/h6-12H,1,3-4,13-14H2,2,5H3/b11-7-,12-10-. The zero-order valence-electron chi connectivity index (χ0n) is 12.0. The number of allylic oxidation sites excluding steroid dienone is 9. The Labute approximate surface area is 117 Å². The van der Waals surface area contributed by atoms with E-state index in [0.29, 0.717) is 0 Å². The van der Waals surface area contributed by atoms with Gasteiger partial charge >= 0.3 is 0 Å². The van der Waals surface area contributed by atoms with E-state index >= 15 is 0 Å². The maximum absolute atomic E-state index is 3.94. The Hall–Kier alpha value is -2.02. The third kappa shape index (κ3) is 3.47. The van der Waals surface area contributed by atoms with Gasteiger partial charge in [-0.2, -0.15) is 0 Å². The van der Waals surface area contributed by atoms with E-state index < -0.39 is 0 Å². The molecule has 0 aromatic carbocycles. The van der Waals surface area contributed by atoms with Crippen LogP contribution in [0.4, 0.5) is 0 Å². The fourth-order valence-electron chi connectivity index (χ4n) is 2.34. The molecule has 1 rings (SSSR count). The van der Waals surface area contributed by atoms with E-state index in [-0.39, 0.29) is 0 Å². The summed E-state index contributed by atoms with van der Waals surface area (Å²) in [7, 11) is 2.06. The third-order valence-corrected chi connectivity index (χ3v) is 3.23. The second kappa shape index (κ2) is 7.42. The van der Waals surface area contributed by atoms with Gasteiger partial charge in [0.2, 0.25) is 0 Å². The van der Waals surface area contributed by atoms with E-state index in [9.17, 15) is 0 Å². The van der Waals surface area contributed by atoms with Crippen molar-refractivity contribution in [1.29, 1.82) is 0 Å². The first-order chi connectivity index (χ1) is 9.19. The zero-order chi connectivity index (χ0) is 14.3. The van der Waals surface area contributed by atoms with Crippen molar-refractivity contribution in [2.45, 2.75) is 19.8 Å². The van der Waals surface area contributed by atoms with Gasteiger partial charge in [-0.25, -0.2) is 0 Å². The molecule has 0 amide bonds. The molecule has 0 radical (unpaired) electrons. The van der Waals surface area contributed by atoms with Gasteiger partial charge in [0, 0.05) is 18.4 Å². The van der Waals surface area contributed by atoms with Gasteiger partial charge in [-0.15, -0.1) is 0 Å². The number of hydrogen-bond acceptors (Lipinski definition) is 1. The second-order valence-electron chi connectivity index (χ2n) is 4.38. The minimum atomic E-state index is 0.993. The van der Waals surface area contributed by atoms with Crippen molar-refractivity contribution in [3.05, 3.63) is 84.8 Å². The van der Waals surface area contributed by atoms with Gasteiger partial charge in [-0.05, 0) is 43.1 Å². The number of hydrogen-bond donors (Lipinski definition) is 0. The first-order valence-corrected chi connectivity index (χ1v) is 6.56. The number of rotatable bonds is 5. The highest BCUT2D eigenvalue weighted by Crippen LogP contribution is 2.30. The number of likely N-dealkylation sites (N-methyl/N-ethyl adjacent to an activating group) is 1. The largest absolute Gasteiger partial charge is 0.344 e. The monoisotopic (exact) mass is 253 g/mol. The summed E-state index contributed by atoms with van der Waals surface area (Å²) in [5.74, 6) is 0. The molecule has 0 N–H and O–H groups in total. The molecule has 0 unspecified atom stereocenters. The molecule has 0 aromatic heterocycles. The van der Waals surface area contributed by atoms with E-state index in [2.05, 4.69) is 49.9 Å². The summed E-state index contributed by atoms with van der Waals surface area (Å²) in [5.41, 5.74) is 4.86. The van der Waals surface area contributed by atoms with Crippen LogP contribution in [0.15, 0.2) is 84.8 Å². The van der Waals surface area contributed by atoms with Crippen LogP contribution in [0.5, 0.6) is 0 Å². The highest BCUT2D eigenvalue weighted by Gasteiger charge is 2.16. The molecule has 1 aliphatic rings. The summed E-state index contributed by atoms with van der Waals surface area (Å²) in [6.07, 6.45) is 15.9. The van der Waals surface area contributed by atoms with Crippen molar-refractivity contribution in [3.63, 3.8) is 0 Å². The van der Waals surface area contributed by atoms with Gasteiger partial charge in [0.1, 0.15) is 0 Å². The van der Waals surface area contributed by atoms with Crippen LogP contribution in [-0.4, -0.2) is 11.9 Å². The molecule has 100 valence electrons. The highest BCUT2D eigenvalue weighted by molar-refractivity contribution is 5.43. The van der Waals surface area contributed by atoms with Gasteiger partial charge in [-0.3, -0.25) is 0 Å². The average Bonchev–Trinajstić information content (AvgIpc) is 2.53. The first-order valence-electron chi connectivity index (χ1n) is 6.56. The topological polar surface area (TPSA) is 3.24 Å². The van der Waals surface area contributed by atoms with Gasteiger partial charge < -0.3 is 4.90 Å². The summed E-state index contributed by atoms with van der Waals surface area (Å²) in [4.78, 5) is 2.16. The lowest BCUT2D eigenvalue weighted by atomic mass is 10.0. The van der Waals surface area contributed by atoms with Crippen LogP contribution >= 0.6 is 0 Å². The molecule has 0 saturated carbocycles. The molecule has 1 nitrogen and oxygen atoms in total. The molecule has 0 saturated heterocycles. The predicted molar refractivity (Wildman–Crippen MR) is 85.6 cm³/mol. The molecular weight excluding hydrogens is 230 g/mol. The number of nitrogens with zero attached hydrogens (tertiary/aromatic N) is 1. The van der Waals surface area contributed by atoms with Gasteiger partial charge in [-0.1, -0.05) is 50.1 Å². The van der Waals surface area contributed by atoms with Crippen molar-refractivity contribution in [1.82, 2.24) is 4.90 Å². The summed E-state index contributed by atoms with van der Waals surface area (Å²) >= 11 is 0. The van der Waals surface area contributed by atoms with E-state index in [0.717, 1.165) is 24.2 Å². The molecule has 0 bridgehead atoms. The SMILES string of the molecule is C=C/C=C\C1=C(C=C)N(C)C(C=C)=C(/C=C\C)CC1. The third-order valence-electron chi connectivity index (χ3n) is 3.23. The van der Waals surface area contributed by atoms with Crippen LogP contribution in [0.2, 0.25) is 0 Å². The molecule has 19 heavy (non-hydrogen) atoms. The van der Waals surface area contributed by atoms with Gasteiger partial charge in [0.15, 0.2) is 0 Å². The fourth-order valence-corrected chi connectivity index (χ4v) is 2.34. The van der Waals surface area contributed by atoms with E-state index in [4.69, 9.17) is 0 Å². The smallest absolute Gasteiger partial charge is 0.0434 e. The summed E-state index contributed by atoms with van der Waals surface area (Å²) < 4.78 is 0. The maximum atomic E-state index is 3.94. The molecule has 1 heterocycles. The van der Waals surface area contributed by atoms with E-state index in [1.165, 1.54) is 11.1 Å². The molecule has 0 spiro atoms. The first kappa shape index (κ1) is 15.0. The van der Waals surface area contributed by atoms with Crippen molar-refractivity contribution >= 4 is 0 Å². The predicted octanol–water partition coefficient (Wildman–Crippen LogP) is 4.91. The maximum Gasteiger partial charge on any atom is 0.0434 e. The summed E-state index contributed by atoms with van der Waals surface area (Å²) in [6.45, 7) is 13.6. The molecule has 0 aromatic rings. The molecule has 1 aliphatic heterocycles. The molecule has 1 heteroatoms. The summed E-state index contributed by atoms with van der Waals surface area (Å²) in [5, 5.41) is 0. The lowest BCUT2D eigenvalue weighted by molar-refractivity contribution is 0.549. The molecule has 0 atom stereocenters. The van der Waals surface area contributed by atoms with Crippen molar-refractivity contribution in [2.75, 3.05) is 7.05 Å². The molecular formula is C18H23N.